The minimum atomic E-state index is -1.39. The SMILES string of the molecule is O=C([O-])N1C(C2=COc3ccccc3O2)=COc2ccccc21. The molecule has 114 valence electrons. The maximum Gasteiger partial charge on any atom is 0.189 e. The highest BCUT2D eigenvalue weighted by molar-refractivity contribution is 5.92. The zero-order valence-corrected chi connectivity index (χ0v) is 11.8. The average Bonchev–Trinajstić information content (AvgIpc) is 2.60. The molecule has 0 saturated heterocycles. The van der Waals surface area contributed by atoms with Gasteiger partial charge in [0.25, 0.3) is 0 Å². The van der Waals surface area contributed by atoms with Crippen LogP contribution in [0.5, 0.6) is 17.2 Å². The molecule has 2 aliphatic rings. The molecule has 0 saturated carbocycles. The summed E-state index contributed by atoms with van der Waals surface area (Å²) in [7, 11) is 0. The number of carbonyl (C=O) groups is 1. The zero-order valence-electron chi connectivity index (χ0n) is 11.8. The summed E-state index contributed by atoms with van der Waals surface area (Å²) in [4.78, 5) is 12.6. The lowest BCUT2D eigenvalue weighted by Gasteiger charge is -2.33. The molecule has 2 aliphatic heterocycles. The molecule has 2 aromatic rings. The number of amides is 1. The highest BCUT2D eigenvalue weighted by atomic mass is 16.6. The van der Waals surface area contributed by atoms with Crippen molar-refractivity contribution in [1.29, 1.82) is 0 Å². The summed E-state index contributed by atoms with van der Waals surface area (Å²) in [5.74, 6) is 1.66. The fourth-order valence-corrected chi connectivity index (χ4v) is 2.41. The molecule has 0 fully saturated rings. The fourth-order valence-electron chi connectivity index (χ4n) is 2.41. The maximum absolute atomic E-state index is 11.6. The Kier molecular flexibility index (Phi) is 2.94. The summed E-state index contributed by atoms with van der Waals surface area (Å²) in [6.45, 7) is 0. The molecule has 1 amide bonds. The van der Waals surface area contributed by atoms with Gasteiger partial charge in [-0.15, -0.1) is 0 Å². The third kappa shape index (κ3) is 2.17. The lowest BCUT2D eigenvalue weighted by Crippen LogP contribution is -2.43. The number of nitrogens with zero attached hydrogens (tertiary/aromatic N) is 1. The quantitative estimate of drug-likeness (QED) is 0.809. The van der Waals surface area contributed by atoms with Gasteiger partial charge in [-0.05, 0) is 24.3 Å². The van der Waals surface area contributed by atoms with Gasteiger partial charge in [-0.25, -0.2) is 0 Å². The van der Waals surface area contributed by atoms with Gasteiger partial charge in [0, 0.05) is 0 Å². The molecule has 0 atom stereocenters. The molecule has 0 N–H and O–H groups in total. The molecule has 6 heteroatoms. The summed E-state index contributed by atoms with van der Waals surface area (Å²) in [5, 5.41) is 11.6. The maximum atomic E-state index is 11.6. The number of hydrogen-bond donors (Lipinski definition) is 0. The van der Waals surface area contributed by atoms with E-state index in [1.165, 1.54) is 12.5 Å². The van der Waals surface area contributed by atoms with Crippen molar-refractivity contribution in [3.05, 3.63) is 72.5 Å². The highest BCUT2D eigenvalue weighted by Gasteiger charge is 2.28. The first-order chi connectivity index (χ1) is 11.2. The van der Waals surface area contributed by atoms with E-state index in [0.717, 1.165) is 4.90 Å². The summed E-state index contributed by atoms with van der Waals surface area (Å²) in [5.41, 5.74) is 0.534. The van der Waals surface area contributed by atoms with Crippen molar-refractivity contribution < 1.29 is 24.1 Å². The molecule has 0 spiro atoms. The van der Waals surface area contributed by atoms with Crippen LogP contribution in [0.2, 0.25) is 0 Å². The molecule has 0 aliphatic carbocycles. The summed E-state index contributed by atoms with van der Waals surface area (Å²) >= 11 is 0. The summed E-state index contributed by atoms with van der Waals surface area (Å²) in [6.07, 6.45) is 1.23. The van der Waals surface area contributed by atoms with Crippen LogP contribution in [-0.2, 0) is 0 Å². The van der Waals surface area contributed by atoms with E-state index in [1.807, 2.05) is 6.07 Å². The normalized spacial score (nSPS) is 15.0. The van der Waals surface area contributed by atoms with Crippen molar-refractivity contribution in [3.63, 3.8) is 0 Å². The van der Waals surface area contributed by atoms with Gasteiger partial charge in [-0.2, -0.15) is 0 Å². The van der Waals surface area contributed by atoms with Crippen LogP contribution in [0.1, 0.15) is 0 Å². The largest absolute Gasteiger partial charge is 0.529 e. The van der Waals surface area contributed by atoms with E-state index < -0.39 is 6.09 Å². The molecule has 0 aromatic heterocycles. The second-order valence-corrected chi connectivity index (χ2v) is 4.84. The molecule has 0 radical (unpaired) electrons. The van der Waals surface area contributed by atoms with Crippen LogP contribution >= 0.6 is 0 Å². The van der Waals surface area contributed by atoms with Crippen LogP contribution in [0.25, 0.3) is 0 Å². The minimum Gasteiger partial charge on any atom is -0.529 e. The number of benzene rings is 2. The van der Waals surface area contributed by atoms with Crippen molar-refractivity contribution in [2.24, 2.45) is 0 Å². The molecule has 0 unspecified atom stereocenters. The molecule has 6 nitrogen and oxygen atoms in total. The van der Waals surface area contributed by atoms with E-state index >= 15 is 0 Å². The molecule has 23 heavy (non-hydrogen) atoms. The molecule has 2 heterocycles. The number of rotatable bonds is 1. The number of ether oxygens (including phenoxy) is 3. The van der Waals surface area contributed by atoms with Gasteiger partial charge in [0.1, 0.15) is 24.3 Å². The lowest BCUT2D eigenvalue weighted by molar-refractivity contribution is -0.245. The van der Waals surface area contributed by atoms with Crippen molar-refractivity contribution in [2.75, 3.05) is 4.90 Å². The van der Waals surface area contributed by atoms with Crippen LogP contribution in [0.15, 0.2) is 72.5 Å². The third-order valence-electron chi connectivity index (χ3n) is 3.44. The number of anilines is 1. The predicted octanol–water partition coefficient (Wildman–Crippen LogP) is 2.38. The van der Waals surface area contributed by atoms with Crippen molar-refractivity contribution in [2.45, 2.75) is 0 Å². The first kappa shape index (κ1) is 13.3. The van der Waals surface area contributed by atoms with E-state index in [9.17, 15) is 9.90 Å². The topological polar surface area (TPSA) is 71.1 Å². The molecule has 0 bridgehead atoms. The highest BCUT2D eigenvalue weighted by Crippen LogP contribution is 2.39. The Balaban J connectivity index is 1.74. The van der Waals surface area contributed by atoms with Gasteiger partial charge in [0.2, 0.25) is 0 Å². The van der Waals surface area contributed by atoms with Crippen LogP contribution in [0.4, 0.5) is 10.5 Å². The van der Waals surface area contributed by atoms with Gasteiger partial charge >= 0.3 is 0 Å². The molecular weight excluding hydrogens is 298 g/mol. The average molecular weight is 308 g/mol. The van der Waals surface area contributed by atoms with Gasteiger partial charge < -0.3 is 24.1 Å². The number of para-hydroxylation sites is 4. The van der Waals surface area contributed by atoms with Gasteiger partial charge in [-0.3, -0.25) is 4.90 Å². The van der Waals surface area contributed by atoms with Crippen molar-refractivity contribution in [1.82, 2.24) is 0 Å². The predicted molar refractivity (Wildman–Crippen MR) is 78.8 cm³/mol. The van der Waals surface area contributed by atoms with E-state index in [2.05, 4.69) is 0 Å². The van der Waals surface area contributed by atoms with E-state index in [1.54, 1.807) is 42.5 Å². The Morgan fingerprint density at radius 3 is 2.30 bits per heavy atom. The van der Waals surface area contributed by atoms with Crippen molar-refractivity contribution in [3.8, 4) is 17.2 Å². The second kappa shape index (κ2) is 5.10. The Morgan fingerprint density at radius 1 is 0.870 bits per heavy atom. The van der Waals surface area contributed by atoms with E-state index in [4.69, 9.17) is 14.2 Å². The smallest absolute Gasteiger partial charge is 0.189 e. The van der Waals surface area contributed by atoms with Gasteiger partial charge in [0.15, 0.2) is 23.0 Å². The Bertz CT molecular complexity index is 856. The third-order valence-corrected chi connectivity index (χ3v) is 3.44. The van der Waals surface area contributed by atoms with Gasteiger partial charge in [-0.1, -0.05) is 24.3 Å². The van der Waals surface area contributed by atoms with Crippen LogP contribution in [0, 0.1) is 0 Å². The monoisotopic (exact) mass is 308 g/mol. The fraction of sp³-hybridized carbons (Fsp3) is 0. The second-order valence-electron chi connectivity index (χ2n) is 4.84. The zero-order chi connectivity index (χ0) is 15.8. The van der Waals surface area contributed by atoms with Crippen molar-refractivity contribution >= 4 is 11.8 Å². The Labute approximate surface area is 131 Å². The van der Waals surface area contributed by atoms with Gasteiger partial charge in [0.05, 0.1) is 5.69 Å². The number of hydrogen-bond acceptors (Lipinski definition) is 5. The number of carbonyl (C=O) groups excluding carboxylic acids is 1. The molecule has 4 rings (SSSR count). The van der Waals surface area contributed by atoms with Crippen LogP contribution in [-0.4, -0.2) is 6.09 Å². The van der Waals surface area contributed by atoms with E-state index in [-0.39, 0.29) is 11.5 Å². The first-order valence-corrected chi connectivity index (χ1v) is 6.85. The molecule has 2 aromatic carbocycles. The van der Waals surface area contributed by atoms with E-state index in [0.29, 0.717) is 22.9 Å². The number of fused-ring (bicyclic) bond motifs is 2. The first-order valence-electron chi connectivity index (χ1n) is 6.85. The Hall–Kier alpha value is -3.41. The summed E-state index contributed by atoms with van der Waals surface area (Å²) < 4.78 is 16.7. The number of carboxylic acid groups (broad SMARTS) is 1. The van der Waals surface area contributed by atoms with Crippen LogP contribution < -0.4 is 24.2 Å². The standard InChI is InChI=1S/C17H11NO5/c19-17(20)18-11-5-1-2-6-13(11)21-9-12(18)16-10-22-14-7-3-4-8-15(14)23-16/h1-10H,(H,19,20)/p-1. The molecular formula is C17H10NO5-. The summed E-state index contributed by atoms with van der Waals surface area (Å²) in [6, 6.07) is 13.8. The Morgan fingerprint density at radius 2 is 1.52 bits per heavy atom. The minimum absolute atomic E-state index is 0.179. The van der Waals surface area contributed by atoms with Crippen LogP contribution in [0.3, 0.4) is 0 Å². The lowest BCUT2D eigenvalue weighted by atomic mass is 10.2.